The van der Waals surface area contributed by atoms with Crippen LogP contribution in [0.2, 0.25) is 0 Å². The number of pyridine rings is 1. The minimum Gasteiger partial charge on any atom is -0.281 e. The molecule has 8 heteroatoms. The SMILES string of the molecule is Cc1n[nH]c(C)c1S(=O)(=O)Nc1ccc(F)cn1. The number of aromatic nitrogens is 3. The van der Waals surface area contributed by atoms with Gasteiger partial charge in [0.05, 0.1) is 17.6 Å². The number of aromatic amines is 1. The number of H-pyrrole nitrogens is 1. The molecule has 2 rings (SSSR count). The lowest BCUT2D eigenvalue weighted by Crippen LogP contribution is -2.15. The topological polar surface area (TPSA) is 87.7 Å². The molecule has 0 unspecified atom stereocenters. The van der Waals surface area contributed by atoms with Crippen molar-refractivity contribution in [2.24, 2.45) is 0 Å². The number of aryl methyl sites for hydroxylation is 2. The van der Waals surface area contributed by atoms with Gasteiger partial charge < -0.3 is 0 Å². The monoisotopic (exact) mass is 270 g/mol. The van der Waals surface area contributed by atoms with E-state index in [1.54, 1.807) is 13.8 Å². The van der Waals surface area contributed by atoms with Crippen LogP contribution in [0.25, 0.3) is 0 Å². The fourth-order valence-electron chi connectivity index (χ4n) is 1.56. The van der Waals surface area contributed by atoms with Gasteiger partial charge in [-0.25, -0.2) is 17.8 Å². The first kappa shape index (κ1) is 12.5. The zero-order valence-corrected chi connectivity index (χ0v) is 10.5. The molecule has 0 saturated heterocycles. The molecule has 0 aromatic carbocycles. The number of nitrogens with zero attached hydrogens (tertiary/aromatic N) is 2. The number of hydrogen-bond donors (Lipinski definition) is 2. The van der Waals surface area contributed by atoms with Gasteiger partial charge >= 0.3 is 0 Å². The lowest BCUT2D eigenvalue weighted by Gasteiger charge is -2.06. The average Bonchev–Trinajstić information content (AvgIpc) is 2.62. The highest BCUT2D eigenvalue weighted by atomic mass is 32.2. The largest absolute Gasteiger partial charge is 0.281 e. The van der Waals surface area contributed by atoms with E-state index >= 15 is 0 Å². The lowest BCUT2D eigenvalue weighted by molar-refractivity contribution is 0.599. The van der Waals surface area contributed by atoms with E-state index in [0.717, 1.165) is 12.3 Å². The maximum Gasteiger partial charge on any atom is 0.266 e. The highest BCUT2D eigenvalue weighted by molar-refractivity contribution is 7.92. The van der Waals surface area contributed by atoms with Crippen molar-refractivity contribution in [3.8, 4) is 0 Å². The Labute approximate surface area is 103 Å². The molecule has 96 valence electrons. The molecular weight excluding hydrogens is 259 g/mol. The average molecular weight is 270 g/mol. The molecule has 0 atom stereocenters. The first-order valence-corrected chi connectivity index (χ1v) is 6.54. The van der Waals surface area contributed by atoms with Gasteiger partial charge in [0, 0.05) is 0 Å². The molecule has 0 bridgehead atoms. The molecule has 0 aliphatic carbocycles. The summed E-state index contributed by atoms with van der Waals surface area (Å²) in [6, 6.07) is 2.37. The van der Waals surface area contributed by atoms with E-state index in [1.807, 2.05) is 0 Å². The van der Waals surface area contributed by atoms with Gasteiger partial charge in [-0.1, -0.05) is 0 Å². The number of nitrogens with one attached hydrogen (secondary N) is 2. The summed E-state index contributed by atoms with van der Waals surface area (Å²) < 4.78 is 39.1. The number of rotatable bonds is 3. The van der Waals surface area contributed by atoms with Crippen LogP contribution in [0.15, 0.2) is 23.2 Å². The quantitative estimate of drug-likeness (QED) is 0.881. The first-order valence-electron chi connectivity index (χ1n) is 5.06. The fourth-order valence-corrected chi connectivity index (χ4v) is 2.94. The Balaban J connectivity index is 2.36. The second-order valence-electron chi connectivity index (χ2n) is 3.73. The van der Waals surface area contributed by atoms with Crippen molar-refractivity contribution >= 4 is 15.8 Å². The molecule has 18 heavy (non-hydrogen) atoms. The summed E-state index contributed by atoms with van der Waals surface area (Å²) in [4.78, 5) is 3.71. The van der Waals surface area contributed by atoms with Crippen LogP contribution in [0.3, 0.4) is 0 Å². The Bertz CT molecular complexity index is 644. The third-order valence-corrected chi connectivity index (χ3v) is 3.91. The van der Waals surface area contributed by atoms with Crippen LogP contribution in [0.4, 0.5) is 10.2 Å². The van der Waals surface area contributed by atoms with Gasteiger partial charge in [0.1, 0.15) is 16.5 Å². The Hall–Kier alpha value is -1.96. The summed E-state index contributed by atoms with van der Waals surface area (Å²) in [5.74, 6) is -0.481. The second kappa shape index (κ2) is 4.37. The number of halogens is 1. The molecule has 0 spiro atoms. The molecule has 2 heterocycles. The summed E-state index contributed by atoms with van der Waals surface area (Å²) in [7, 11) is -3.77. The van der Waals surface area contributed by atoms with Gasteiger partial charge in [-0.3, -0.25) is 9.82 Å². The van der Waals surface area contributed by atoms with Crippen molar-refractivity contribution in [1.29, 1.82) is 0 Å². The summed E-state index contributed by atoms with van der Waals surface area (Å²) >= 11 is 0. The molecule has 0 amide bonds. The van der Waals surface area contributed by atoms with Gasteiger partial charge in [-0.05, 0) is 26.0 Å². The molecule has 0 radical (unpaired) electrons. The van der Waals surface area contributed by atoms with Gasteiger partial charge in [-0.15, -0.1) is 0 Å². The van der Waals surface area contributed by atoms with E-state index in [4.69, 9.17) is 0 Å². The van der Waals surface area contributed by atoms with Crippen LogP contribution in [0.5, 0.6) is 0 Å². The van der Waals surface area contributed by atoms with Gasteiger partial charge in [0.15, 0.2) is 0 Å². The number of anilines is 1. The van der Waals surface area contributed by atoms with E-state index in [1.165, 1.54) is 6.07 Å². The fraction of sp³-hybridized carbons (Fsp3) is 0.200. The Morgan fingerprint density at radius 1 is 1.33 bits per heavy atom. The summed E-state index contributed by atoms with van der Waals surface area (Å²) in [6.45, 7) is 3.18. The zero-order chi connectivity index (χ0) is 13.3. The van der Waals surface area contributed by atoms with Crippen LogP contribution < -0.4 is 4.72 Å². The third kappa shape index (κ3) is 2.33. The normalized spacial score (nSPS) is 11.5. The maximum atomic E-state index is 12.7. The smallest absolute Gasteiger partial charge is 0.266 e. The maximum absolute atomic E-state index is 12.7. The number of sulfonamides is 1. The molecule has 2 aromatic heterocycles. The molecule has 0 aliphatic heterocycles. The zero-order valence-electron chi connectivity index (χ0n) is 9.73. The van der Waals surface area contributed by atoms with Crippen molar-refractivity contribution < 1.29 is 12.8 Å². The molecule has 0 fully saturated rings. The van der Waals surface area contributed by atoms with E-state index < -0.39 is 15.8 Å². The van der Waals surface area contributed by atoms with Crippen molar-refractivity contribution in [1.82, 2.24) is 15.2 Å². The van der Waals surface area contributed by atoms with Crippen LogP contribution in [0, 0.1) is 19.7 Å². The van der Waals surface area contributed by atoms with Crippen LogP contribution in [-0.4, -0.2) is 23.6 Å². The van der Waals surface area contributed by atoms with E-state index in [2.05, 4.69) is 19.9 Å². The standard InChI is InChI=1S/C10H11FN4O2S/c1-6-10(7(2)14-13-6)18(16,17)15-9-4-3-8(11)5-12-9/h3-5H,1-2H3,(H,12,15)(H,13,14). The summed E-state index contributed by atoms with van der Waals surface area (Å²) in [5, 5.41) is 6.40. The van der Waals surface area contributed by atoms with Crippen molar-refractivity contribution in [3.05, 3.63) is 35.5 Å². The van der Waals surface area contributed by atoms with E-state index in [-0.39, 0.29) is 10.7 Å². The molecule has 0 aliphatic rings. The van der Waals surface area contributed by atoms with Crippen LogP contribution >= 0.6 is 0 Å². The van der Waals surface area contributed by atoms with Gasteiger partial charge in [0.25, 0.3) is 10.0 Å². The number of hydrogen-bond acceptors (Lipinski definition) is 4. The minimum absolute atomic E-state index is 0.0522. The van der Waals surface area contributed by atoms with E-state index in [0.29, 0.717) is 11.4 Å². The first-order chi connectivity index (χ1) is 8.40. The highest BCUT2D eigenvalue weighted by Crippen LogP contribution is 2.19. The lowest BCUT2D eigenvalue weighted by atomic mass is 10.4. The van der Waals surface area contributed by atoms with E-state index in [9.17, 15) is 12.8 Å². The molecule has 2 N–H and O–H groups in total. The minimum atomic E-state index is -3.77. The Morgan fingerprint density at radius 2 is 2.06 bits per heavy atom. The van der Waals surface area contributed by atoms with Crippen molar-refractivity contribution in [2.45, 2.75) is 18.7 Å². The van der Waals surface area contributed by atoms with Gasteiger partial charge in [-0.2, -0.15) is 5.10 Å². The van der Waals surface area contributed by atoms with Crippen molar-refractivity contribution in [2.75, 3.05) is 4.72 Å². The molecule has 6 nitrogen and oxygen atoms in total. The Morgan fingerprint density at radius 3 is 2.56 bits per heavy atom. The highest BCUT2D eigenvalue weighted by Gasteiger charge is 2.22. The van der Waals surface area contributed by atoms with Gasteiger partial charge in [0.2, 0.25) is 0 Å². The summed E-state index contributed by atoms with van der Waals surface area (Å²) in [6.07, 6.45) is 0.937. The van der Waals surface area contributed by atoms with Crippen LogP contribution in [-0.2, 0) is 10.0 Å². The summed E-state index contributed by atoms with van der Waals surface area (Å²) in [5.41, 5.74) is 0.796. The van der Waals surface area contributed by atoms with Crippen molar-refractivity contribution in [3.63, 3.8) is 0 Å². The molecular formula is C10H11FN4O2S. The Kier molecular flexibility index (Phi) is 3.04. The third-order valence-electron chi connectivity index (χ3n) is 2.30. The second-order valence-corrected chi connectivity index (χ2v) is 5.35. The molecule has 0 saturated carbocycles. The predicted molar refractivity (Wildman–Crippen MR) is 63.1 cm³/mol. The molecule has 2 aromatic rings. The van der Waals surface area contributed by atoms with Crippen LogP contribution in [0.1, 0.15) is 11.4 Å². The predicted octanol–water partition coefficient (Wildman–Crippen LogP) is 1.36.